The lowest BCUT2D eigenvalue weighted by Crippen LogP contribution is -2.48. The smallest absolute Gasteiger partial charge is 0.253 e. The third kappa shape index (κ3) is 5.20. The van der Waals surface area contributed by atoms with Crippen LogP contribution < -0.4 is 5.56 Å². The first-order chi connectivity index (χ1) is 18.1. The number of ether oxygens (including phenoxy) is 1. The third-order valence-corrected chi connectivity index (χ3v) is 7.55. The van der Waals surface area contributed by atoms with E-state index in [4.69, 9.17) is 4.74 Å². The number of pyridine rings is 1. The SMILES string of the molecule is Cc1ccc2cc([C@H](c3nnnn3C[C@@H]3CCCO3)N3CCN(Cc4ccccc4)CC3)c(=O)[nH]c2c1. The predicted octanol–water partition coefficient (Wildman–Crippen LogP) is 2.91. The Bertz CT molecular complexity index is 1400. The highest BCUT2D eigenvalue weighted by Gasteiger charge is 2.33. The molecule has 2 aromatic carbocycles. The van der Waals surface area contributed by atoms with Gasteiger partial charge in [-0.2, -0.15) is 0 Å². The summed E-state index contributed by atoms with van der Waals surface area (Å²) in [6, 6.07) is 18.4. The first kappa shape index (κ1) is 24.0. The Morgan fingerprint density at radius 3 is 2.70 bits per heavy atom. The second-order valence-electron chi connectivity index (χ2n) is 10.2. The molecule has 2 aromatic heterocycles. The molecule has 1 N–H and O–H groups in total. The second-order valence-corrected chi connectivity index (χ2v) is 10.2. The normalized spacial score (nSPS) is 20.0. The second kappa shape index (κ2) is 10.5. The average molecular weight is 500 g/mol. The predicted molar refractivity (Wildman–Crippen MR) is 141 cm³/mol. The van der Waals surface area contributed by atoms with Gasteiger partial charge in [0.15, 0.2) is 5.82 Å². The van der Waals surface area contributed by atoms with Gasteiger partial charge in [0.1, 0.15) is 6.04 Å². The number of hydrogen-bond acceptors (Lipinski definition) is 7. The Labute approximate surface area is 216 Å². The van der Waals surface area contributed by atoms with Crippen LogP contribution in [0.4, 0.5) is 0 Å². The van der Waals surface area contributed by atoms with E-state index in [0.29, 0.717) is 17.9 Å². The van der Waals surface area contributed by atoms with Crippen LogP contribution in [0.15, 0.2) is 59.4 Å². The van der Waals surface area contributed by atoms with Crippen molar-refractivity contribution < 1.29 is 4.74 Å². The number of H-pyrrole nitrogens is 1. The summed E-state index contributed by atoms with van der Waals surface area (Å²) in [6.45, 7) is 7.77. The summed E-state index contributed by atoms with van der Waals surface area (Å²) >= 11 is 0. The molecular formula is C28H33N7O2. The molecule has 0 amide bonds. The highest BCUT2D eigenvalue weighted by atomic mass is 16.5. The van der Waals surface area contributed by atoms with Crippen LogP contribution in [0.25, 0.3) is 10.9 Å². The number of rotatable bonds is 7. The van der Waals surface area contributed by atoms with E-state index in [1.807, 2.05) is 23.7 Å². The molecule has 0 saturated carbocycles. The molecule has 4 aromatic rings. The monoisotopic (exact) mass is 499 g/mol. The van der Waals surface area contributed by atoms with Gasteiger partial charge >= 0.3 is 0 Å². The number of aromatic amines is 1. The molecule has 0 radical (unpaired) electrons. The van der Waals surface area contributed by atoms with Gasteiger partial charge in [-0.25, -0.2) is 4.68 Å². The van der Waals surface area contributed by atoms with E-state index in [-0.39, 0.29) is 17.7 Å². The zero-order valence-electron chi connectivity index (χ0n) is 21.2. The van der Waals surface area contributed by atoms with Gasteiger partial charge in [0, 0.05) is 50.4 Å². The fourth-order valence-electron chi connectivity index (χ4n) is 5.57. The Balaban J connectivity index is 1.32. The van der Waals surface area contributed by atoms with Gasteiger partial charge in [-0.05, 0) is 58.8 Å². The van der Waals surface area contributed by atoms with Crippen molar-refractivity contribution in [2.45, 2.75) is 45.0 Å². The first-order valence-electron chi connectivity index (χ1n) is 13.2. The number of aryl methyl sites for hydroxylation is 1. The van der Waals surface area contributed by atoms with Crippen molar-refractivity contribution in [1.29, 1.82) is 0 Å². The van der Waals surface area contributed by atoms with Crippen LogP contribution in [0.3, 0.4) is 0 Å². The van der Waals surface area contributed by atoms with Crippen molar-refractivity contribution in [3.8, 4) is 0 Å². The lowest BCUT2D eigenvalue weighted by Gasteiger charge is -2.38. The molecule has 0 unspecified atom stereocenters. The van der Waals surface area contributed by atoms with Crippen LogP contribution in [0.5, 0.6) is 0 Å². The number of fused-ring (bicyclic) bond motifs is 1. The van der Waals surface area contributed by atoms with E-state index >= 15 is 0 Å². The summed E-state index contributed by atoms with van der Waals surface area (Å²) in [7, 11) is 0. The summed E-state index contributed by atoms with van der Waals surface area (Å²) in [6.07, 6.45) is 2.15. The summed E-state index contributed by atoms with van der Waals surface area (Å²) in [5, 5.41) is 13.8. The molecule has 2 saturated heterocycles. The topological polar surface area (TPSA) is 92.2 Å². The van der Waals surface area contributed by atoms with Crippen molar-refractivity contribution in [3.05, 3.63) is 87.5 Å². The Morgan fingerprint density at radius 1 is 1.08 bits per heavy atom. The van der Waals surface area contributed by atoms with E-state index in [0.717, 1.165) is 68.6 Å². The lowest BCUT2D eigenvalue weighted by atomic mass is 10.0. The Kier molecular flexibility index (Phi) is 6.82. The highest BCUT2D eigenvalue weighted by molar-refractivity contribution is 5.79. The largest absolute Gasteiger partial charge is 0.376 e. The zero-order valence-corrected chi connectivity index (χ0v) is 21.2. The fourth-order valence-corrected chi connectivity index (χ4v) is 5.57. The molecule has 2 fully saturated rings. The molecule has 192 valence electrons. The number of benzene rings is 2. The number of nitrogens with zero attached hydrogens (tertiary/aromatic N) is 6. The van der Waals surface area contributed by atoms with Crippen molar-refractivity contribution in [2.24, 2.45) is 0 Å². The molecule has 2 atom stereocenters. The van der Waals surface area contributed by atoms with Crippen LogP contribution in [0, 0.1) is 6.92 Å². The standard InChI is InChI=1S/C28H33N7O2/c1-20-9-10-22-17-24(28(36)29-25(22)16-20)26(27-30-31-32-35(27)19-23-8-5-15-37-23)34-13-11-33(12-14-34)18-21-6-3-2-4-7-21/h2-4,6-7,9-10,16-17,23,26H,5,8,11-15,18-19H2,1H3,(H,29,36)/t23-,26+/m0/s1. The van der Waals surface area contributed by atoms with Gasteiger partial charge in [0.2, 0.25) is 0 Å². The maximum atomic E-state index is 13.5. The summed E-state index contributed by atoms with van der Waals surface area (Å²) in [5.41, 5.74) is 3.86. The molecule has 4 heterocycles. The molecule has 0 bridgehead atoms. The minimum absolute atomic E-state index is 0.0959. The summed E-state index contributed by atoms with van der Waals surface area (Å²) < 4.78 is 7.71. The fraction of sp³-hybridized carbons (Fsp3) is 0.429. The van der Waals surface area contributed by atoms with E-state index in [1.165, 1.54) is 5.56 Å². The quantitative estimate of drug-likeness (QED) is 0.418. The van der Waals surface area contributed by atoms with Gasteiger partial charge in [0.25, 0.3) is 5.56 Å². The number of hydrogen-bond donors (Lipinski definition) is 1. The van der Waals surface area contributed by atoms with Crippen LogP contribution in [0.2, 0.25) is 0 Å². The molecule has 2 aliphatic rings. The van der Waals surface area contributed by atoms with Crippen LogP contribution in [-0.2, 0) is 17.8 Å². The zero-order chi connectivity index (χ0) is 25.2. The van der Waals surface area contributed by atoms with E-state index in [9.17, 15) is 4.79 Å². The molecule has 0 aliphatic carbocycles. The van der Waals surface area contributed by atoms with E-state index in [2.05, 4.69) is 72.8 Å². The van der Waals surface area contributed by atoms with Crippen LogP contribution in [-0.4, -0.2) is 73.9 Å². The summed E-state index contributed by atoms with van der Waals surface area (Å²) in [5.74, 6) is 0.698. The highest BCUT2D eigenvalue weighted by Crippen LogP contribution is 2.29. The molecule has 0 spiro atoms. The average Bonchev–Trinajstić information content (AvgIpc) is 3.59. The van der Waals surface area contributed by atoms with Crippen molar-refractivity contribution in [3.63, 3.8) is 0 Å². The van der Waals surface area contributed by atoms with E-state index in [1.54, 1.807) is 0 Å². The van der Waals surface area contributed by atoms with Crippen molar-refractivity contribution in [1.82, 2.24) is 35.0 Å². The third-order valence-electron chi connectivity index (χ3n) is 7.55. The maximum absolute atomic E-state index is 13.5. The maximum Gasteiger partial charge on any atom is 0.253 e. The number of aromatic nitrogens is 5. The molecular weight excluding hydrogens is 466 g/mol. The van der Waals surface area contributed by atoms with Gasteiger partial charge in [-0.1, -0.05) is 42.5 Å². The van der Waals surface area contributed by atoms with Crippen LogP contribution in [0.1, 0.15) is 41.4 Å². The van der Waals surface area contributed by atoms with Gasteiger partial charge in [-0.15, -0.1) is 5.10 Å². The van der Waals surface area contributed by atoms with Crippen molar-refractivity contribution >= 4 is 10.9 Å². The number of tetrazole rings is 1. The minimum atomic E-state index is -0.343. The molecule has 37 heavy (non-hydrogen) atoms. The first-order valence-corrected chi connectivity index (χ1v) is 13.2. The van der Waals surface area contributed by atoms with Gasteiger partial charge < -0.3 is 9.72 Å². The molecule has 9 heteroatoms. The summed E-state index contributed by atoms with van der Waals surface area (Å²) in [4.78, 5) is 21.4. The number of nitrogens with one attached hydrogen (secondary N) is 1. The molecule has 6 rings (SSSR count). The molecule has 9 nitrogen and oxygen atoms in total. The lowest BCUT2D eigenvalue weighted by molar-refractivity contribution is 0.0840. The molecule has 2 aliphatic heterocycles. The number of piperazine rings is 1. The van der Waals surface area contributed by atoms with Gasteiger partial charge in [0.05, 0.1) is 12.6 Å². The van der Waals surface area contributed by atoms with Crippen LogP contribution >= 0.6 is 0 Å². The van der Waals surface area contributed by atoms with Crippen molar-refractivity contribution in [2.75, 3.05) is 32.8 Å². The van der Waals surface area contributed by atoms with E-state index < -0.39 is 0 Å². The minimum Gasteiger partial charge on any atom is -0.376 e. The Morgan fingerprint density at radius 2 is 1.92 bits per heavy atom. The Hall–Kier alpha value is -3.40. The van der Waals surface area contributed by atoms with Gasteiger partial charge in [-0.3, -0.25) is 14.6 Å².